The number of methoxy groups -OCH3 is 4. The lowest BCUT2D eigenvalue weighted by Crippen LogP contribution is -2.24. The molecule has 7 nitrogen and oxygen atoms in total. The van der Waals surface area contributed by atoms with Crippen LogP contribution in [-0.2, 0) is 0 Å². The number of anilines is 1. The van der Waals surface area contributed by atoms with E-state index in [4.69, 9.17) is 31.2 Å². The fraction of sp³-hybridized carbons (Fsp3) is 0.222. The van der Waals surface area contributed by atoms with Gasteiger partial charge in [-0.1, -0.05) is 12.1 Å². The van der Waals surface area contributed by atoms with Crippen LogP contribution in [0.5, 0.6) is 23.0 Å². The number of benzene rings is 2. The monoisotopic (exact) mass is 375 g/mol. The molecule has 0 amide bonds. The molecule has 0 fully saturated rings. The van der Waals surface area contributed by atoms with Gasteiger partial charge in [-0.2, -0.15) is 5.10 Å². The summed E-state index contributed by atoms with van der Waals surface area (Å²) in [5.41, 5.74) is 4.20. The molecule has 0 radical (unpaired) electrons. The van der Waals surface area contributed by atoms with Crippen molar-refractivity contribution in [1.82, 2.24) is 5.43 Å². The number of hydrogen-bond donors (Lipinski definition) is 2. The Morgan fingerprint density at radius 1 is 0.885 bits per heavy atom. The number of thiocarbonyl (C=S) groups is 1. The minimum absolute atomic E-state index is 0.324. The highest BCUT2D eigenvalue weighted by Crippen LogP contribution is 2.33. The molecule has 0 aliphatic rings. The first kappa shape index (κ1) is 19.3. The van der Waals surface area contributed by atoms with Gasteiger partial charge in [0.1, 0.15) is 11.5 Å². The Kier molecular flexibility index (Phi) is 7.04. The van der Waals surface area contributed by atoms with Gasteiger partial charge in [-0.25, -0.2) is 0 Å². The highest BCUT2D eigenvalue weighted by molar-refractivity contribution is 7.80. The molecule has 0 spiro atoms. The molecule has 2 aromatic rings. The Morgan fingerprint density at radius 3 is 2.15 bits per heavy atom. The van der Waals surface area contributed by atoms with Crippen molar-refractivity contribution in [2.45, 2.75) is 0 Å². The number of nitrogens with one attached hydrogen (secondary N) is 2. The number of hydrogen-bond acceptors (Lipinski definition) is 6. The second kappa shape index (κ2) is 9.47. The van der Waals surface area contributed by atoms with Crippen molar-refractivity contribution >= 4 is 29.2 Å². The molecule has 2 N–H and O–H groups in total. The third-order valence-corrected chi connectivity index (χ3v) is 3.65. The van der Waals surface area contributed by atoms with E-state index in [2.05, 4.69) is 15.8 Å². The molecule has 0 heterocycles. The number of ether oxygens (including phenoxy) is 4. The molecule has 0 saturated carbocycles. The third-order valence-electron chi connectivity index (χ3n) is 3.46. The van der Waals surface area contributed by atoms with Gasteiger partial charge in [-0.3, -0.25) is 5.43 Å². The SMILES string of the molecule is COc1cc(OC)c(OC)cc1C=NNC(=S)Nc1ccccc1OC. The first-order valence-corrected chi connectivity index (χ1v) is 8.06. The zero-order valence-electron chi connectivity index (χ0n) is 15.0. The summed E-state index contributed by atoms with van der Waals surface area (Å²) >= 11 is 5.24. The molecule has 138 valence electrons. The van der Waals surface area contributed by atoms with Gasteiger partial charge in [0.25, 0.3) is 0 Å². The van der Waals surface area contributed by atoms with Gasteiger partial charge in [0.05, 0.1) is 40.3 Å². The van der Waals surface area contributed by atoms with Crippen molar-refractivity contribution in [3.63, 3.8) is 0 Å². The van der Waals surface area contributed by atoms with Gasteiger partial charge in [0.2, 0.25) is 0 Å². The van der Waals surface area contributed by atoms with Crippen LogP contribution in [0.4, 0.5) is 5.69 Å². The first-order chi connectivity index (χ1) is 12.6. The largest absolute Gasteiger partial charge is 0.496 e. The number of rotatable bonds is 7. The number of nitrogens with zero attached hydrogens (tertiary/aromatic N) is 1. The maximum absolute atomic E-state index is 5.35. The van der Waals surface area contributed by atoms with Crippen LogP contribution in [0.25, 0.3) is 0 Å². The second-order valence-corrected chi connectivity index (χ2v) is 5.38. The average Bonchev–Trinajstić information content (AvgIpc) is 2.67. The highest BCUT2D eigenvalue weighted by Gasteiger charge is 2.10. The van der Waals surface area contributed by atoms with Gasteiger partial charge in [0.15, 0.2) is 16.6 Å². The Labute approximate surface area is 157 Å². The second-order valence-electron chi connectivity index (χ2n) is 4.97. The maximum atomic E-state index is 5.35. The maximum Gasteiger partial charge on any atom is 0.191 e. The fourth-order valence-electron chi connectivity index (χ4n) is 2.21. The summed E-state index contributed by atoms with van der Waals surface area (Å²) in [6.07, 6.45) is 1.58. The van der Waals surface area contributed by atoms with Gasteiger partial charge >= 0.3 is 0 Å². The summed E-state index contributed by atoms with van der Waals surface area (Å²) in [7, 11) is 6.29. The topological polar surface area (TPSA) is 73.3 Å². The molecule has 0 bridgehead atoms. The van der Waals surface area contributed by atoms with Crippen LogP contribution < -0.4 is 29.7 Å². The summed E-state index contributed by atoms with van der Waals surface area (Å²) in [5.74, 6) is 2.42. The fourth-order valence-corrected chi connectivity index (χ4v) is 2.38. The van der Waals surface area contributed by atoms with Crippen LogP contribution in [0.2, 0.25) is 0 Å². The number of hydrazone groups is 1. The summed E-state index contributed by atoms with van der Waals surface area (Å²) in [4.78, 5) is 0. The molecule has 0 aliphatic carbocycles. The van der Waals surface area contributed by atoms with Crippen LogP contribution in [0.3, 0.4) is 0 Å². The van der Waals surface area contributed by atoms with Crippen molar-refractivity contribution in [1.29, 1.82) is 0 Å². The normalized spacial score (nSPS) is 10.3. The van der Waals surface area contributed by atoms with E-state index in [-0.39, 0.29) is 0 Å². The Balaban J connectivity index is 2.09. The zero-order chi connectivity index (χ0) is 18.9. The molecule has 0 saturated heterocycles. The minimum Gasteiger partial charge on any atom is -0.496 e. The smallest absolute Gasteiger partial charge is 0.191 e. The highest BCUT2D eigenvalue weighted by atomic mass is 32.1. The lowest BCUT2D eigenvalue weighted by atomic mass is 10.2. The van der Waals surface area contributed by atoms with Crippen molar-refractivity contribution in [3.05, 3.63) is 42.0 Å². The minimum atomic E-state index is 0.324. The zero-order valence-corrected chi connectivity index (χ0v) is 15.8. The predicted octanol–water partition coefficient (Wildman–Crippen LogP) is 3.04. The standard InChI is InChI=1S/C18H21N3O4S/c1-22-14-8-6-5-7-13(14)20-18(26)21-19-11-12-9-16(24-3)17(25-4)10-15(12)23-2/h5-11H,1-4H3,(H2,20,21,26). The summed E-state index contributed by atoms with van der Waals surface area (Å²) in [6.45, 7) is 0. The molecule has 0 unspecified atom stereocenters. The summed E-state index contributed by atoms with van der Waals surface area (Å²) in [6, 6.07) is 10.9. The molecule has 2 aromatic carbocycles. The molecule has 0 aromatic heterocycles. The van der Waals surface area contributed by atoms with Crippen LogP contribution in [0, 0.1) is 0 Å². The van der Waals surface area contributed by atoms with Crippen molar-refractivity contribution in [3.8, 4) is 23.0 Å². The molecular weight excluding hydrogens is 354 g/mol. The first-order valence-electron chi connectivity index (χ1n) is 7.66. The van der Waals surface area contributed by atoms with E-state index >= 15 is 0 Å². The average molecular weight is 375 g/mol. The molecule has 2 rings (SSSR count). The molecule has 0 atom stereocenters. The van der Waals surface area contributed by atoms with E-state index in [1.54, 1.807) is 46.8 Å². The predicted molar refractivity (Wildman–Crippen MR) is 106 cm³/mol. The van der Waals surface area contributed by atoms with E-state index < -0.39 is 0 Å². The Bertz CT molecular complexity index is 796. The number of para-hydroxylation sites is 2. The van der Waals surface area contributed by atoms with E-state index in [1.165, 1.54) is 0 Å². The van der Waals surface area contributed by atoms with Crippen molar-refractivity contribution in [2.75, 3.05) is 33.8 Å². The Morgan fingerprint density at radius 2 is 1.50 bits per heavy atom. The molecule has 8 heteroatoms. The van der Waals surface area contributed by atoms with Crippen LogP contribution >= 0.6 is 12.2 Å². The van der Waals surface area contributed by atoms with E-state index in [0.717, 1.165) is 5.69 Å². The lowest BCUT2D eigenvalue weighted by molar-refractivity contribution is 0.349. The summed E-state index contributed by atoms with van der Waals surface area (Å²) in [5, 5.41) is 7.48. The van der Waals surface area contributed by atoms with E-state index in [0.29, 0.717) is 33.7 Å². The quantitative estimate of drug-likeness (QED) is 0.438. The van der Waals surface area contributed by atoms with Crippen molar-refractivity contribution < 1.29 is 18.9 Å². The van der Waals surface area contributed by atoms with Gasteiger partial charge in [-0.15, -0.1) is 0 Å². The third kappa shape index (κ3) is 4.76. The van der Waals surface area contributed by atoms with Crippen LogP contribution in [0.1, 0.15) is 5.56 Å². The van der Waals surface area contributed by atoms with Gasteiger partial charge in [-0.05, 0) is 30.4 Å². The summed E-state index contributed by atoms with van der Waals surface area (Å²) < 4.78 is 21.2. The van der Waals surface area contributed by atoms with Crippen LogP contribution in [0.15, 0.2) is 41.5 Å². The van der Waals surface area contributed by atoms with Crippen LogP contribution in [-0.4, -0.2) is 39.8 Å². The van der Waals surface area contributed by atoms with Gasteiger partial charge < -0.3 is 24.3 Å². The lowest BCUT2D eigenvalue weighted by Gasteiger charge is -2.12. The van der Waals surface area contributed by atoms with E-state index in [1.807, 2.05) is 24.3 Å². The molecular formula is C18H21N3O4S. The van der Waals surface area contributed by atoms with E-state index in [9.17, 15) is 0 Å². The Hall–Kier alpha value is -3.00. The molecule has 0 aliphatic heterocycles. The molecule has 26 heavy (non-hydrogen) atoms. The van der Waals surface area contributed by atoms with Crippen molar-refractivity contribution in [2.24, 2.45) is 5.10 Å². The van der Waals surface area contributed by atoms with Gasteiger partial charge in [0, 0.05) is 11.6 Å².